The number of pyridine rings is 1. The summed E-state index contributed by atoms with van der Waals surface area (Å²) in [4.78, 5) is 17.2. The minimum Gasteiger partial charge on any atom is -0.329 e. The molecule has 1 aliphatic carbocycles. The smallest absolute Gasteiger partial charge is 0.319 e. The first kappa shape index (κ1) is 18.2. The molecule has 0 saturated heterocycles. The molecule has 144 valence electrons. The molecule has 1 atom stereocenters. The summed E-state index contributed by atoms with van der Waals surface area (Å²) in [7, 11) is 0. The second-order valence-corrected chi connectivity index (χ2v) is 7.50. The Labute approximate surface area is 165 Å². The summed E-state index contributed by atoms with van der Waals surface area (Å²) in [6.07, 6.45) is 2.25. The third-order valence-electron chi connectivity index (χ3n) is 4.99. The molecule has 2 N–H and O–H groups in total. The van der Waals surface area contributed by atoms with E-state index in [9.17, 15) is 4.79 Å². The SMILES string of the molecule is Cc1cccc([C@@H](NC(=O)Nc2ccc(-n3nc(C)cc3C)cc2)C2CC2)n1. The van der Waals surface area contributed by atoms with Crippen LogP contribution < -0.4 is 10.6 Å². The van der Waals surface area contributed by atoms with E-state index in [0.29, 0.717) is 5.92 Å². The van der Waals surface area contributed by atoms with E-state index < -0.39 is 0 Å². The Morgan fingerprint density at radius 3 is 2.43 bits per heavy atom. The Kier molecular flexibility index (Phi) is 4.86. The maximum atomic E-state index is 12.6. The van der Waals surface area contributed by atoms with Gasteiger partial charge in [-0.05, 0) is 82.0 Å². The number of aromatic nitrogens is 3. The summed E-state index contributed by atoms with van der Waals surface area (Å²) in [5.41, 5.74) is 5.66. The molecule has 6 nitrogen and oxygen atoms in total. The molecule has 1 saturated carbocycles. The molecule has 1 aromatic carbocycles. The zero-order chi connectivity index (χ0) is 19.7. The highest BCUT2D eigenvalue weighted by atomic mass is 16.2. The van der Waals surface area contributed by atoms with Crippen molar-refractivity contribution in [2.75, 3.05) is 5.32 Å². The molecule has 2 heterocycles. The van der Waals surface area contributed by atoms with E-state index in [1.54, 1.807) is 0 Å². The van der Waals surface area contributed by atoms with Crippen LogP contribution in [0.5, 0.6) is 0 Å². The fourth-order valence-electron chi connectivity index (χ4n) is 3.48. The molecule has 0 bridgehead atoms. The van der Waals surface area contributed by atoms with Gasteiger partial charge < -0.3 is 10.6 Å². The van der Waals surface area contributed by atoms with Crippen LogP contribution in [0.1, 0.15) is 41.7 Å². The van der Waals surface area contributed by atoms with E-state index in [1.165, 1.54) is 0 Å². The number of carbonyl (C=O) groups excluding carboxylic acids is 1. The average Bonchev–Trinajstić information content (AvgIpc) is 3.44. The number of nitrogens with zero attached hydrogens (tertiary/aromatic N) is 3. The summed E-state index contributed by atoms with van der Waals surface area (Å²) in [6, 6.07) is 15.4. The summed E-state index contributed by atoms with van der Waals surface area (Å²) in [5.74, 6) is 0.466. The Bertz CT molecular complexity index is 988. The molecule has 0 aliphatic heterocycles. The van der Waals surface area contributed by atoms with Crippen molar-refractivity contribution in [3.05, 3.63) is 71.3 Å². The number of anilines is 1. The van der Waals surface area contributed by atoms with E-state index in [2.05, 4.69) is 20.7 Å². The lowest BCUT2D eigenvalue weighted by Crippen LogP contribution is -2.34. The molecule has 0 spiro atoms. The van der Waals surface area contributed by atoms with Crippen LogP contribution in [0, 0.1) is 26.7 Å². The van der Waals surface area contributed by atoms with E-state index >= 15 is 0 Å². The van der Waals surface area contributed by atoms with E-state index in [4.69, 9.17) is 0 Å². The summed E-state index contributed by atoms with van der Waals surface area (Å²) >= 11 is 0. The first-order chi connectivity index (χ1) is 13.5. The number of hydrogen-bond acceptors (Lipinski definition) is 3. The highest BCUT2D eigenvalue weighted by molar-refractivity contribution is 5.89. The van der Waals surface area contributed by atoms with Crippen molar-refractivity contribution in [1.29, 1.82) is 0 Å². The van der Waals surface area contributed by atoms with Crippen LogP contribution in [-0.2, 0) is 0 Å². The van der Waals surface area contributed by atoms with Gasteiger partial charge >= 0.3 is 6.03 Å². The molecule has 28 heavy (non-hydrogen) atoms. The second kappa shape index (κ2) is 7.46. The number of urea groups is 1. The van der Waals surface area contributed by atoms with Gasteiger partial charge in [0.05, 0.1) is 23.1 Å². The first-order valence-electron chi connectivity index (χ1n) is 9.64. The topological polar surface area (TPSA) is 71.8 Å². The number of nitrogens with one attached hydrogen (secondary N) is 2. The molecular weight excluding hydrogens is 350 g/mol. The van der Waals surface area contributed by atoms with Crippen molar-refractivity contribution in [2.24, 2.45) is 5.92 Å². The zero-order valence-electron chi connectivity index (χ0n) is 16.4. The predicted molar refractivity (Wildman–Crippen MR) is 110 cm³/mol. The van der Waals surface area contributed by atoms with Gasteiger partial charge in [0, 0.05) is 17.1 Å². The van der Waals surface area contributed by atoms with Crippen molar-refractivity contribution in [2.45, 2.75) is 39.7 Å². The standard InChI is InChI=1S/C22H25N5O/c1-14-5-4-6-20(23-14)21(17-7-8-17)25-22(28)24-18-9-11-19(12-10-18)27-16(3)13-15(2)26-27/h4-6,9-13,17,21H,7-8H2,1-3H3,(H2,24,25,28)/t21-/m0/s1. The van der Waals surface area contributed by atoms with Crippen LogP contribution in [0.4, 0.5) is 10.5 Å². The Hall–Kier alpha value is -3.15. The molecule has 3 aromatic rings. The van der Waals surface area contributed by atoms with Crippen molar-refractivity contribution in [3.63, 3.8) is 0 Å². The molecule has 2 amide bonds. The highest BCUT2D eigenvalue weighted by Crippen LogP contribution is 2.40. The normalized spacial score (nSPS) is 14.5. The molecular formula is C22H25N5O. The fourth-order valence-corrected chi connectivity index (χ4v) is 3.48. The summed E-state index contributed by atoms with van der Waals surface area (Å²) < 4.78 is 1.89. The lowest BCUT2D eigenvalue weighted by molar-refractivity contribution is 0.246. The van der Waals surface area contributed by atoms with Crippen LogP contribution in [0.15, 0.2) is 48.5 Å². The number of benzene rings is 1. The van der Waals surface area contributed by atoms with E-state index in [1.807, 2.05) is 74.0 Å². The number of rotatable bonds is 5. The molecule has 1 aliphatic rings. The van der Waals surface area contributed by atoms with Crippen molar-refractivity contribution in [3.8, 4) is 5.69 Å². The Morgan fingerprint density at radius 1 is 1.07 bits per heavy atom. The molecule has 0 radical (unpaired) electrons. The fraction of sp³-hybridized carbons (Fsp3) is 0.318. The van der Waals surface area contributed by atoms with Crippen LogP contribution >= 0.6 is 0 Å². The first-order valence-corrected chi connectivity index (χ1v) is 9.64. The number of aryl methyl sites for hydroxylation is 3. The van der Waals surface area contributed by atoms with Crippen LogP contribution in [0.2, 0.25) is 0 Å². The maximum Gasteiger partial charge on any atom is 0.319 e. The quantitative estimate of drug-likeness (QED) is 0.691. The lowest BCUT2D eigenvalue weighted by atomic mass is 10.1. The number of amides is 2. The van der Waals surface area contributed by atoms with Gasteiger partial charge in [0.1, 0.15) is 0 Å². The third kappa shape index (κ3) is 4.06. The van der Waals surface area contributed by atoms with Crippen molar-refractivity contribution < 1.29 is 4.79 Å². The van der Waals surface area contributed by atoms with Gasteiger partial charge in [0.15, 0.2) is 0 Å². The van der Waals surface area contributed by atoms with Gasteiger partial charge in [-0.25, -0.2) is 9.48 Å². The zero-order valence-corrected chi connectivity index (χ0v) is 16.4. The van der Waals surface area contributed by atoms with Crippen LogP contribution in [0.25, 0.3) is 5.69 Å². The highest BCUT2D eigenvalue weighted by Gasteiger charge is 2.34. The van der Waals surface area contributed by atoms with Gasteiger partial charge in [-0.3, -0.25) is 4.98 Å². The third-order valence-corrected chi connectivity index (χ3v) is 4.99. The second-order valence-electron chi connectivity index (χ2n) is 7.50. The van der Waals surface area contributed by atoms with Gasteiger partial charge in [-0.15, -0.1) is 0 Å². The van der Waals surface area contributed by atoms with E-state index in [0.717, 1.165) is 47.0 Å². The minimum atomic E-state index is -0.209. The maximum absolute atomic E-state index is 12.6. The summed E-state index contributed by atoms with van der Waals surface area (Å²) in [5, 5.41) is 10.5. The largest absolute Gasteiger partial charge is 0.329 e. The number of carbonyl (C=O) groups is 1. The molecule has 4 rings (SSSR count). The monoisotopic (exact) mass is 375 g/mol. The molecule has 2 aromatic heterocycles. The van der Waals surface area contributed by atoms with Gasteiger partial charge in [0.2, 0.25) is 0 Å². The van der Waals surface area contributed by atoms with Gasteiger partial charge in [-0.2, -0.15) is 5.10 Å². The summed E-state index contributed by atoms with van der Waals surface area (Å²) in [6.45, 7) is 5.97. The average molecular weight is 375 g/mol. The Balaban J connectivity index is 1.43. The van der Waals surface area contributed by atoms with Crippen molar-refractivity contribution >= 4 is 11.7 Å². The predicted octanol–water partition coefficient (Wildman–Crippen LogP) is 4.47. The lowest BCUT2D eigenvalue weighted by Gasteiger charge is -2.19. The number of hydrogen-bond donors (Lipinski definition) is 2. The molecule has 0 unspecified atom stereocenters. The van der Waals surface area contributed by atoms with Gasteiger partial charge in [0.25, 0.3) is 0 Å². The molecule has 6 heteroatoms. The van der Waals surface area contributed by atoms with Crippen LogP contribution in [0.3, 0.4) is 0 Å². The minimum absolute atomic E-state index is 0.0473. The van der Waals surface area contributed by atoms with Crippen LogP contribution in [-0.4, -0.2) is 20.8 Å². The molecule has 1 fully saturated rings. The Morgan fingerprint density at radius 2 is 1.82 bits per heavy atom. The van der Waals surface area contributed by atoms with Crippen molar-refractivity contribution in [1.82, 2.24) is 20.1 Å². The van der Waals surface area contributed by atoms with Gasteiger partial charge in [-0.1, -0.05) is 6.07 Å². The van der Waals surface area contributed by atoms with E-state index in [-0.39, 0.29) is 12.1 Å².